The van der Waals surface area contributed by atoms with Gasteiger partial charge in [0.2, 0.25) is 0 Å². The fourth-order valence-electron chi connectivity index (χ4n) is 3.52. The van der Waals surface area contributed by atoms with Crippen LogP contribution >= 0.6 is 24.0 Å². The Morgan fingerprint density at radius 1 is 1.20 bits per heavy atom. The third-order valence-corrected chi connectivity index (χ3v) is 5.65. The normalized spacial score (nSPS) is 14.7. The number of methoxy groups -OCH3 is 1. The SMILES string of the molecule is CN=C(NCCCCN(C)C(C)C)NCc1cccc(OC)c1OC1CCCC1.I. The molecule has 1 aliphatic rings. The lowest BCUT2D eigenvalue weighted by Crippen LogP contribution is -2.37. The Kier molecular flexibility index (Phi) is 13.2. The van der Waals surface area contributed by atoms with E-state index in [0.29, 0.717) is 18.7 Å². The monoisotopic (exact) mass is 532 g/mol. The van der Waals surface area contributed by atoms with Gasteiger partial charge in [0.25, 0.3) is 0 Å². The summed E-state index contributed by atoms with van der Waals surface area (Å²) in [7, 11) is 5.69. The molecule has 172 valence electrons. The molecule has 30 heavy (non-hydrogen) atoms. The van der Waals surface area contributed by atoms with Gasteiger partial charge < -0.3 is 25.0 Å². The lowest BCUT2D eigenvalue weighted by atomic mass is 10.1. The number of nitrogens with one attached hydrogen (secondary N) is 2. The zero-order valence-electron chi connectivity index (χ0n) is 19.4. The summed E-state index contributed by atoms with van der Waals surface area (Å²) in [5.41, 5.74) is 1.10. The Balaban J connectivity index is 0.00000450. The van der Waals surface area contributed by atoms with Gasteiger partial charge in [-0.15, -0.1) is 24.0 Å². The summed E-state index contributed by atoms with van der Waals surface area (Å²) in [5, 5.41) is 6.83. The highest BCUT2D eigenvalue weighted by atomic mass is 127. The fraction of sp³-hybridized carbons (Fsp3) is 0.696. The third-order valence-electron chi connectivity index (χ3n) is 5.65. The van der Waals surface area contributed by atoms with E-state index in [0.717, 1.165) is 55.4 Å². The molecule has 6 nitrogen and oxygen atoms in total. The molecule has 0 aliphatic heterocycles. The zero-order valence-corrected chi connectivity index (χ0v) is 21.7. The van der Waals surface area contributed by atoms with Crippen LogP contribution in [0, 0.1) is 0 Å². The van der Waals surface area contributed by atoms with Crippen LogP contribution in [0.25, 0.3) is 0 Å². The molecule has 2 rings (SSSR count). The van der Waals surface area contributed by atoms with Crippen LogP contribution in [0.15, 0.2) is 23.2 Å². The molecule has 0 saturated heterocycles. The number of para-hydroxylation sites is 1. The van der Waals surface area contributed by atoms with E-state index >= 15 is 0 Å². The van der Waals surface area contributed by atoms with Gasteiger partial charge in [0.05, 0.1) is 13.2 Å². The van der Waals surface area contributed by atoms with Gasteiger partial charge in [-0.05, 0) is 72.0 Å². The summed E-state index contributed by atoms with van der Waals surface area (Å²) < 4.78 is 11.9. The van der Waals surface area contributed by atoms with Gasteiger partial charge in [-0.25, -0.2) is 0 Å². The molecule has 1 aromatic rings. The van der Waals surface area contributed by atoms with Gasteiger partial charge in [0.1, 0.15) is 0 Å². The summed E-state index contributed by atoms with van der Waals surface area (Å²) in [4.78, 5) is 6.73. The number of hydrogen-bond acceptors (Lipinski definition) is 4. The highest BCUT2D eigenvalue weighted by Gasteiger charge is 2.20. The molecule has 0 aromatic heterocycles. The highest BCUT2D eigenvalue weighted by Crippen LogP contribution is 2.34. The molecule has 0 spiro atoms. The van der Waals surface area contributed by atoms with Crippen LogP contribution in [0.2, 0.25) is 0 Å². The van der Waals surface area contributed by atoms with E-state index in [1.807, 2.05) is 19.2 Å². The van der Waals surface area contributed by atoms with Crippen LogP contribution in [0.4, 0.5) is 0 Å². The average molecular weight is 533 g/mol. The molecule has 1 aliphatic carbocycles. The second-order valence-electron chi connectivity index (χ2n) is 8.11. The first kappa shape index (κ1) is 26.8. The van der Waals surface area contributed by atoms with E-state index in [4.69, 9.17) is 9.47 Å². The van der Waals surface area contributed by atoms with E-state index in [2.05, 4.69) is 47.5 Å². The van der Waals surface area contributed by atoms with Crippen molar-refractivity contribution in [3.05, 3.63) is 23.8 Å². The van der Waals surface area contributed by atoms with E-state index in [9.17, 15) is 0 Å². The van der Waals surface area contributed by atoms with E-state index in [1.165, 1.54) is 19.3 Å². The van der Waals surface area contributed by atoms with Crippen molar-refractivity contribution in [3.63, 3.8) is 0 Å². The maximum absolute atomic E-state index is 6.32. The maximum Gasteiger partial charge on any atom is 0.191 e. The van der Waals surface area contributed by atoms with Gasteiger partial charge in [0, 0.05) is 31.7 Å². The summed E-state index contributed by atoms with van der Waals surface area (Å²) in [6.45, 7) is 7.14. The smallest absolute Gasteiger partial charge is 0.191 e. The zero-order chi connectivity index (χ0) is 21.1. The van der Waals surface area contributed by atoms with E-state index in [1.54, 1.807) is 7.11 Å². The molecule has 1 fully saturated rings. The molecule has 0 unspecified atom stereocenters. The molecule has 0 amide bonds. The number of rotatable bonds is 11. The minimum Gasteiger partial charge on any atom is -0.493 e. The number of guanidine groups is 1. The molecular weight excluding hydrogens is 491 g/mol. The lowest BCUT2D eigenvalue weighted by molar-refractivity contribution is 0.198. The Morgan fingerprint density at radius 2 is 1.93 bits per heavy atom. The minimum absolute atomic E-state index is 0. The summed E-state index contributed by atoms with van der Waals surface area (Å²) in [5.74, 6) is 2.48. The van der Waals surface area contributed by atoms with Crippen LogP contribution < -0.4 is 20.1 Å². The molecule has 2 N–H and O–H groups in total. The van der Waals surface area contributed by atoms with Gasteiger partial charge in [-0.3, -0.25) is 4.99 Å². The second-order valence-corrected chi connectivity index (χ2v) is 8.11. The number of aliphatic imine (C=N–C) groups is 1. The van der Waals surface area contributed by atoms with Gasteiger partial charge in [-0.2, -0.15) is 0 Å². The minimum atomic E-state index is 0. The quantitative estimate of drug-likeness (QED) is 0.191. The highest BCUT2D eigenvalue weighted by molar-refractivity contribution is 14.0. The first-order valence-electron chi connectivity index (χ1n) is 11.0. The van der Waals surface area contributed by atoms with Crippen molar-refractivity contribution in [1.29, 1.82) is 0 Å². The molecule has 1 saturated carbocycles. The van der Waals surface area contributed by atoms with Crippen LogP contribution in [-0.2, 0) is 6.54 Å². The van der Waals surface area contributed by atoms with Crippen LogP contribution in [0.3, 0.4) is 0 Å². The van der Waals surface area contributed by atoms with Gasteiger partial charge in [-0.1, -0.05) is 12.1 Å². The summed E-state index contributed by atoms with van der Waals surface area (Å²) >= 11 is 0. The second kappa shape index (κ2) is 14.7. The van der Waals surface area contributed by atoms with Crippen molar-refractivity contribution in [3.8, 4) is 11.5 Å². The summed E-state index contributed by atoms with van der Waals surface area (Å²) in [6, 6.07) is 6.67. The fourth-order valence-corrected chi connectivity index (χ4v) is 3.52. The molecule has 0 heterocycles. The number of hydrogen-bond donors (Lipinski definition) is 2. The number of halogens is 1. The van der Waals surface area contributed by atoms with Gasteiger partial charge >= 0.3 is 0 Å². The van der Waals surface area contributed by atoms with Crippen molar-refractivity contribution in [2.75, 3.05) is 34.3 Å². The first-order chi connectivity index (χ1) is 14.0. The van der Waals surface area contributed by atoms with Crippen molar-refractivity contribution < 1.29 is 9.47 Å². The Hall–Kier alpha value is -1.22. The van der Waals surface area contributed by atoms with E-state index in [-0.39, 0.29) is 24.0 Å². The average Bonchev–Trinajstić information content (AvgIpc) is 3.23. The lowest BCUT2D eigenvalue weighted by Gasteiger charge is -2.21. The third kappa shape index (κ3) is 8.88. The van der Waals surface area contributed by atoms with Crippen molar-refractivity contribution >= 4 is 29.9 Å². The van der Waals surface area contributed by atoms with Crippen molar-refractivity contribution in [1.82, 2.24) is 15.5 Å². The van der Waals surface area contributed by atoms with E-state index < -0.39 is 0 Å². The first-order valence-corrected chi connectivity index (χ1v) is 11.0. The predicted octanol–water partition coefficient (Wildman–Crippen LogP) is 4.42. The number of unbranched alkanes of at least 4 members (excludes halogenated alkanes) is 1. The van der Waals surface area contributed by atoms with Crippen LogP contribution in [0.1, 0.15) is 57.9 Å². The molecule has 1 aromatic carbocycles. The summed E-state index contributed by atoms with van der Waals surface area (Å²) in [6.07, 6.45) is 7.33. The molecule has 0 atom stereocenters. The predicted molar refractivity (Wildman–Crippen MR) is 136 cm³/mol. The maximum atomic E-state index is 6.32. The van der Waals surface area contributed by atoms with Crippen molar-refractivity contribution in [2.24, 2.45) is 4.99 Å². The molecule has 0 radical (unpaired) electrons. The largest absolute Gasteiger partial charge is 0.493 e. The molecule has 0 bridgehead atoms. The number of benzene rings is 1. The van der Waals surface area contributed by atoms with Gasteiger partial charge in [0.15, 0.2) is 17.5 Å². The number of nitrogens with zero attached hydrogens (tertiary/aromatic N) is 2. The number of ether oxygens (including phenoxy) is 2. The Labute approximate surface area is 200 Å². The van der Waals surface area contributed by atoms with Crippen molar-refractivity contribution in [2.45, 2.75) is 71.1 Å². The Morgan fingerprint density at radius 3 is 2.57 bits per heavy atom. The topological polar surface area (TPSA) is 58.1 Å². The molecule has 7 heteroatoms. The molecular formula is C23H41IN4O2. The standard InChI is InChI=1S/C23H40N4O2.HI/c1-18(2)27(4)16-9-8-15-25-23(24-3)26-17-19-11-10-14-21(28-5)22(19)29-20-12-6-7-13-20;/h10-11,14,18,20H,6-9,12-13,15-17H2,1-5H3,(H2,24,25,26);1H. The van der Waals surface area contributed by atoms with Crippen LogP contribution in [-0.4, -0.2) is 57.3 Å². The Bertz CT molecular complexity index is 634. The van der Waals surface area contributed by atoms with Crippen LogP contribution in [0.5, 0.6) is 11.5 Å².